The fourth-order valence-electron chi connectivity index (χ4n) is 2.40. The Kier molecular flexibility index (Phi) is 5.24. The van der Waals surface area contributed by atoms with Crippen molar-refractivity contribution < 1.29 is 14.3 Å². The number of ether oxygens (including phenoxy) is 1. The number of hydrazine groups is 1. The zero-order valence-corrected chi connectivity index (χ0v) is 14.7. The SMILES string of the molecule is COc1cc(Cl)ccc1C(=O)NNC(=O)c1ccc(-n2cccc2)cc1. The quantitative estimate of drug-likeness (QED) is 0.693. The van der Waals surface area contributed by atoms with E-state index in [1.165, 1.54) is 19.2 Å². The minimum atomic E-state index is -0.504. The second kappa shape index (κ2) is 7.76. The molecule has 1 heterocycles. The summed E-state index contributed by atoms with van der Waals surface area (Å²) < 4.78 is 7.05. The molecule has 0 saturated carbocycles. The number of hydrogen-bond acceptors (Lipinski definition) is 3. The third-order valence-electron chi connectivity index (χ3n) is 3.73. The van der Waals surface area contributed by atoms with Gasteiger partial charge >= 0.3 is 0 Å². The Morgan fingerprint density at radius 3 is 2.27 bits per heavy atom. The van der Waals surface area contributed by atoms with Crippen LogP contribution in [0.3, 0.4) is 0 Å². The predicted octanol–water partition coefficient (Wildman–Crippen LogP) is 3.21. The summed E-state index contributed by atoms with van der Waals surface area (Å²) in [7, 11) is 1.44. The maximum Gasteiger partial charge on any atom is 0.273 e. The molecule has 2 N–H and O–H groups in total. The van der Waals surface area contributed by atoms with E-state index in [-0.39, 0.29) is 5.56 Å². The molecule has 26 heavy (non-hydrogen) atoms. The van der Waals surface area contributed by atoms with Gasteiger partial charge in [-0.25, -0.2) is 0 Å². The van der Waals surface area contributed by atoms with Gasteiger partial charge in [-0.2, -0.15) is 0 Å². The molecule has 132 valence electrons. The molecule has 2 aromatic carbocycles. The average molecular weight is 370 g/mol. The summed E-state index contributed by atoms with van der Waals surface area (Å²) in [6.45, 7) is 0. The van der Waals surface area contributed by atoms with Crippen LogP contribution in [0.2, 0.25) is 5.02 Å². The number of rotatable bonds is 4. The lowest BCUT2D eigenvalue weighted by Gasteiger charge is -2.11. The van der Waals surface area contributed by atoms with Crippen molar-refractivity contribution in [3.05, 3.63) is 83.1 Å². The summed E-state index contributed by atoms with van der Waals surface area (Å²) in [5.41, 5.74) is 6.37. The Bertz CT molecular complexity index is 922. The molecule has 0 bridgehead atoms. The van der Waals surface area contributed by atoms with Gasteiger partial charge < -0.3 is 9.30 Å². The van der Waals surface area contributed by atoms with Crippen molar-refractivity contribution in [2.45, 2.75) is 0 Å². The van der Waals surface area contributed by atoms with E-state index in [2.05, 4.69) is 10.9 Å². The molecule has 0 aliphatic heterocycles. The van der Waals surface area contributed by atoms with Crippen molar-refractivity contribution in [3.63, 3.8) is 0 Å². The first-order valence-corrected chi connectivity index (χ1v) is 8.14. The van der Waals surface area contributed by atoms with E-state index < -0.39 is 11.8 Å². The summed E-state index contributed by atoms with van der Waals surface area (Å²) in [6.07, 6.45) is 3.82. The molecule has 3 aromatic rings. The first-order chi connectivity index (χ1) is 12.6. The largest absolute Gasteiger partial charge is 0.496 e. The Morgan fingerprint density at radius 1 is 0.962 bits per heavy atom. The third-order valence-corrected chi connectivity index (χ3v) is 3.96. The number of hydrogen-bond donors (Lipinski definition) is 2. The van der Waals surface area contributed by atoms with E-state index in [9.17, 15) is 9.59 Å². The summed E-state index contributed by atoms with van der Waals surface area (Å²) in [4.78, 5) is 24.4. The van der Waals surface area contributed by atoms with Gasteiger partial charge in [0.15, 0.2) is 0 Å². The van der Waals surface area contributed by atoms with Crippen LogP contribution in [0.5, 0.6) is 5.75 Å². The lowest BCUT2D eigenvalue weighted by atomic mass is 10.2. The number of methoxy groups -OCH3 is 1. The molecule has 0 fully saturated rings. The molecule has 0 radical (unpaired) electrons. The highest BCUT2D eigenvalue weighted by molar-refractivity contribution is 6.30. The van der Waals surface area contributed by atoms with Crippen LogP contribution in [0.1, 0.15) is 20.7 Å². The first kappa shape index (κ1) is 17.6. The van der Waals surface area contributed by atoms with Gasteiger partial charge in [0.05, 0.1) is 12.7 Å². The number of benzene rings is 2. The van der Waals surface area contributed by atoms with E-state index >= 15 is 0 Å². The van der Waals surface area contributed by atoms with Crippen LogP contribution in [0.4, 0.5) is 0 Å². The minimum Gasteiger partial charge on any atom is -0.496 e. The van der Waals surface area contributed by atoms with Crippen molar-refractivity contribution in [3.8, 4) is 11.4 Å². The molecular weight excluding hydrogens is 354 g/mol. The molecule has 6 nitrogen and oxygen atoms in total. The number of halogens is 1. The van der Waals surface area contributed by atoms with E-state index in [4.69, 9.17) is 16.3 Å². The van der Waals surface area contributed by atoms with Crippen LogP contribution >= 0.6 is 11.6 Å². The molecular formula is C19H16ClN3O3. The molecule has 0 spiro atoms. The molecule has 0 atom stereocenters. The van der Waals surface area contributed by atoms with Gasteiger partial charge in [0, 0.05) is 28.7 Å². The maximum atomic E-state index is 12.2. The summed E-state index contributed by atoms with van der Waals surface area (Å²) in [5.74, 6) is -0.610. The molecule has 1 aromatic heterocycles. The minimum absolute atomic E-state index is 0.264. The number of nitrogens with one attached hydrogen (secondary N) is 2. The first-order valence-electron chi connectivity index (χ1n) is 7.76. The number of carbonyl (C=O) groups is 2. The van der Waals surface area contributed by atoms with Crippen molar-refractivity contribution in [2.75, 3.05) is 7.11 Å². The van der Waals surface area contributed by atoms with Gasteiger partial charge in [0.2, 0.25) is 0 Å². The third kappa shape index (κ3) is 3.87. The summed E-state index contributed by atoms with van der Waals surface area (Å²) in [5, 5.41) is 0.449. The van der Waals surface area contributed by atoms with Crippen LogP contribution in [-0.4, -0.2) is 23.5 Å². The fourth-order valence-corrected chi connectivity index (χ4v) is 2.56. The fraction of sp³-hybridized carbons (Fsp3) is 0.0526. The number of aromatic nitrogens is 1. The Labute approximate surface area is 155 Å². The smallest absolute Gasteiger partial charge is 0.273 e. The monoisotopic (exact) mass is 369 g/mol. The van der Waals surface area contributed by atoms with E-state index in [1.807, 2.05) is 41.2 Å². The second-order valence-electron chi connectivity index (χ2n) is 5.39. The van der Waals surface area contributed by atoms with Crippen molar-refractivity contribution in [1.29, 1.82) is 0 Å². The number of carbonyl (C=O) groups excluding carboxylic acids is 2. The normalized spacial score (nSPS) is 10.2. The molecule has 0 aliphatic carbocycles. The summed E-state index contributed by atoms with van der Waals surface area (Å²) in [6, 6.07) is 15.5. The highest BCUT2D eigenvalue weighted by Gasteiger charge is 2.14. The molecule has 0 saturated heterocycles. The van der Waals surface area contributed by atoms with E-state index in [0.717, 1.165) is 5.69 Å². The van der Waals surface area contributed by atoms with Gasteiger partial charge in [-0.15, -0.1) is 0 Å². The highest BCUT2D eigenvalue weighted by atomic mass is 35.5. The molecule has 3 rings (SSSR count). The van der Waals surface area contributed by atoms with Crippen molar-refractivity contribution >= 4 is 23.4 Å². The van der Waals surface area contributed by atoms with Crippen LogP contribution < -0.4 is 15.6 Å². The Balaban J connectivity index is 1.64. The molecule has 0 unspecified atom stereocenters. The number of amides is 2. The van der Waals surface area contributed by atoms with Crippen LogP contribution in [0.15, 0.2) is 67.0 Å². The van der Waals surface area contributed by atoms with Crippen LogP contribution in [0, 0.1) is 0 Å². The van der Waals surface area contributed by atoms with Crippen LogP contribution in [0.25, 0.3) is 5.69 Å². The lowest BCUT2D eigenvalue weighted by Crippen LogP contribution is -2.41. The summed E-state index contributed by atoms with van der Waals surface area (Å²) >= 11 is 5.87. The Hall–Kier alpha value is -3.25. The zero-order valence-electron chi connectivity index (χ0n) is 13.9. The second-order valence-corrected chi connectivity index (χ2v) is 5.83. The lowest BCUT2D eigenvalue weighted by molar-refractivity contribution is 0.0845. The standard InChI is InChI=1S/C19H16ClN3O3/c1-26-17-12-14(20)6-9-16(17)19(25)22-21-18(24)13-4-7-15(8-5-13)23-10-2-3-11-23/h2-12H,1H3,(H,21,24)(H,22,25). The number of nitrogens with zero attached hydrogens (tertiary/aromatic N) is 1. The van der Waals surface area contributed by atoms with Gasteiger partial charge in [-0.3, -0.25) is 20.4 Å². The van der Waals surface area contributed by atoms with Crippen molar-refractivity contribution in [1.82, 2.24) is 15.4 Å². The van der Waals surface area contributed by atoms with Gasteiger partial charge in [0.25, 0.3) is 11.8 Å². The average Bonchev–Trinajstić information content (AvgIpc) is 3.20. The molecule has 2 amide bonds. The molecule has 0 aliphatic rings. The van der Waals surface area contributed by atoms with Gasteiger partial charge in [0.1, 0.15) is 5.75 Å². The van der Waals surface area contributed by atoms with Crippen molar-refractivity contribution in [2.24, 2.45) is 0 Å². The van der Waals surface area contributed by atoms with E-state index in [1.54, 1.807) is 18.2 Å². The highest BCUT2D eigenvalue weighted by Crippen LogP contribution is 2.22. The van der Waals surface area contributed by atoms with Gasteiger partial charge in [-0.1, -0.05) is 11.6 Å². The van der Waals surface area contributed by atoms with E-state index in [0.29, 0.717) is 16.3 Å². The van der Waals surface area contributed by atoms with Crippen LogP contribution in [-0.2, 0) is 0 Å². The molecule has 7 heteroatoms. The predicted molar refractivity (Wildman–Crippen MR) is 98.7 cm³/mol. The van der Waals surface area contributed by atoms with Gasteiger partial charge in [-0.05, 0) is 54.6 Å². The Morgan fingerprint density at radius 2 is 1.62 bits per heavy atom. The topological polar surface area (TPSA) is 72.4 Å². The maximum absolute atomic E-state index is 12.2. The zero-order chi connectivity index (χ0) is 18.5.